The summed E-state index contributed by atoms with van der Waals surface area (Å²) in [5.41, 5.74) is 7.95. The Morgan fingerprint density at radius 3 is 3.05 bits per heavy atom. The fourth-order valence-electron chi connectivity index (χ4n) is 1.88. The lowest BCUT2D eigenvalue weighted by atomic mass is 10.1. The number of amides is 1. The molecule has 1 amide bonds. The summed E-state index contributed by atoms with van der Waals surface area (Å²) in [6, 6.07) is 7.59. The fourth-order valence-corrected chi connectivity index (χ4v) is 1.88. The first-order chi connectivity index (χ1) is 10.2. The van der Waals surface area contributed by atoms with Gasteiger partial charge in [0.1, 0.15) is 0 Å². The summed E-state index contributed by atoms with van der Waals surface area (Å²) < 4.78 is 1.73. The molecule has 2 aromatic rings. The van der Waals surface area contributed by atoms with Crippen LogP contribution in [0.15, 0.2) is 36.7 Å². The predicted octanol–water partition coefficient (Wildman–Crippen LogP) is 1.53. The molecule has 5 heteroatoms. The van der Waals surface area contributed by atoms with Crippen molar-refractivity contribution in [1.82, 2.24) is 9.78 Å². The van der Waals surface area contributed by atoms with E-state index in [9.17, 15) is 4.79 Å². The summed E-state index contributed by atoms with van der Waals surface area (Å²) in [5.74, 6) is 5.71. The molecule has 0 aliphatic carbocycles. The number of nitrogens with zero attached hydrogens (tertiary/aromatic N) is 2. The highest BCUT2D eigenvalue weighted by Crippen LogP contribution is 2.17. The minimum atomic E-state index is -0.0631. The number of nitrogens with two attached hydrogens (primary N) is 1. The topological polar surface area (TPSA) is 72.9 Å². The van der Waals surface area contributed by atoms with Crippen LogP contribution in [0.2, 0.25) is 0 Å². The van der Waals surface area contributed by atoms with Crippen molar-refractivity contribution < 1.29 is 4.79 Å². The minimum Gasteiger partial charge on any atom is -0.325 e. The number of benzene rings is 1. The van der Waals surface area contributed by atoms with E-state index in [1.54, 1.807) is 10.9 Å². The average molecular weight is 282 g/mol. The van der Waals surface area contributed by atoms with E-state index >= 15 is 0 Å². The maximum Gasteiger partial charge on any atom is 0.226 e. The highest BCUT2D eigenvalue weighted by atomic mass is 16.1. The second kappa shape index (κ2) is 7.27. The van der Waals surface area contributed by atoms with Crippen LogP contribution in [-0.4, -0.2) is 22.2 Å². The van der Waals surface area contributed by atoms with Crippen LogP contribution in [0, 0.1) is 18.8 Å². The van der Waals surface area contributed by atoms with Crippen molar-refractivity contribution in [2.24, 2.45) is 5.73 Å². The molecule has 5 nitrogen and oxygen atoms in total. The van der Waals surface area contributed by atoms with E-state index in [1.165, 1.54) is 0 Å². The van der Waals surface area contributed by atoms with Gasteiger partial charge in [-0.05, 0) is 30.7 Å². The molecule has 0 atom stereocenters. The number of hydrogen-bond donors (Lipinski definition) is 2. The molecule has 21 heavy (non-hydrogen) atoms. The van der Waals surface area contributed by atoms with Gasteiger partial charge in [-0.25, -0.2) is 0 Å². The van der Waals surface area contributed by atoms with E-state index in [-0.39, 0.29) is 5.91 Å². The van der Waals surface area contributed by atoms with Gasteiger partial charge < -0.3 is 11.1 Å². The van der Waals surface area contributed by atoms with Gasteiger partial charge in [0, 0.05) is 30.9 Å². The molecule has 0 saturated carbocycles. The minimum absolute atomic E-state index is 0.0631. The third-order valence-corrected chi connectivity index (χ3v) is 2.90. The first-order valence-electron chi connectivity index (χ1n) is 6.76. The van der Waals surface area contributed by atoms with Crippen LogP contribution in [0.4, 0.5) is 5.69 Å². The Kier molecular flexibility index (Phi) is 5.13. The third kappa shape index (κ3) is 4.48. The summed E-state index contributed by atoms with van der Waals surface area (Å²) in [6.45, 7) is 2.81. The summed E-state index contributed by atoms with van der Waals surface area (Å²) in [5, 5.41) is 6.97. The van der Waals surface area contributed by atoms with Crippen molar-refractivity contribution in [2.45, 2.75) is 19.9 Å². The molecule has 1 heterocycles. The Labute approximate surface area is 124 Å². The van der Waals surface area contributed by atoms with Crippen molar-refractivity contribution in [3.63, 3.8) is 0 Å². The summed E-state index contributed by atoms with van der Waals surface area (Å²) in [4.78, 5) is 12.0. The first kappa shape index (κ1) is 14.8. The van der Waals surface area contributed by atoms with Crippen molar-refractivity contribution in [3.05, 3.63) is 47.8 Å². The van der Waals surface area contributed by atoms with Crippen molar-refractivity contribution in [1.29, 1.82) is 0 Å². The summed E-state index contributed by atoms with van der Waals surface area (Å²) in [6.07, 6.45) is 3.89. The van der Waals surface area contributed by atoms with Crippen LogP contribution in [0.5, 0.6) is 0 Å². The molecule has 0 bridgehead atoms. The van der Waals surface area contributed by atoms with Gasteiger partial charge in [-0.2, -0.15) is 5.10 Å². The SMILES string of the molecule is Cc1ccc(C#CCN)c(NC(=O)CCn2cccn2)c1. The molecule has 0 saturated heterocycles. The number of carbonyl (C=O) groups excluding carboxylic acids is 1. The maximum absolute atomic E-state index is 12.0. The van der Waals surface area contributed by atoms with Gasteiger partial charge >= 0.3 is 0 Å². The van der Waals surface area contributed by atoms with Gasteiger partial charge in [0.05, 0.1) is 12.2 Å². The van der Waals surface area contributed by atoms with Crippen molar-refractivity contribution >= 4 is 11.6 Å². The van der Waals surface area contributed by atoms with Gasteiger partial charge in [0.15, 0.2) is 0 Å². The van der Waals surface area contributed by atoms with E-state index in [4.69, 9.17) is 5.73 Å². The number of aromatic nitrogens is 2. The molecule has 1 aromatic heterocycles. The number of hydrogen-bond acceptors (Lipinski definition) is 3. The second-order valence-corrected chi connectivity index (χ2v) is 4.62. The smallest absolute Gasteiger partial charge is 0.226 e. The summed E-state index contributed by atoms with van der Waals surface area (Å²) >= 11 is 0. The lowest BCUT2D eigenvalue weighted by molar-refractivity contribution is -0.116. The van der Waals surface area contributed by atoms with E-state index in [0.29, 0.717) is 19.5 Å². The molecule has 2 rings (SSSR count). The Morgan fingerprint density at radius 2 is 2.33 bits per heavy atom. The van der Waals surface area contributed by atoms with Crippen LogP contribution in [0.1, 0.15) is 17.5 Å². The highest BCUT2D eigenvalue weighted by molar-refractivity contribution is 5.92. The third-order valence-electron chi connectivity index (χ3n) is 2.90. The number of carbonyl (C=O) groups is 1. The Hall–Kier alpha value is -2.58. The quantitative estimate of drug-likeness (QED) is 0.835. The first-order valence-corrected chi connectivity index (χ1v) is 6.76. The van der Waals surface area contributed by atoms with E-state index < -0.39 is 0 Å². The molecule has 0 radical (unpaired) electrons. The van der Waals surface area contributed by atoms with Gasteiger partial charge in [0.2, 0.25) is 5.91 Å². The fraction of sp³-hybridized carbons (Fsp3) is 0.250. The van der Waals surface area contributed by atoms with Crippen molar-refractivity contribution in [2.75, 3.05) is 11.9 Å². The molecule has 0 aliphatic rings. The summed E-state index contributed by atoms with van der Waals surface area (Å²) in [7, 11) is 0. The zero-order chi connectivity index (χ0) is 15.1. The van der Waals surface area contributed by atoms with Gasteiger partial charge in [0.25, 0.3) is 0 Å². The molecule has 1 aromatic carbocycles. The standard InChI is InChI=1S/C16H18N4O/c1-13-5-6-14(4-2-8-17)15(12-13)19-16(21)7-11-20-10-3-9-18-20/h3,5-6,9-10,12H,7-8,11,17H2,1H3,(H,19,21). The number of aryl methyl sites for hydroxylation is 2. The number of nitrogens with one attached hydrogen (secondary N) is 1. The molecule has 0 aliphatic heterocycles. The zero-order valence-corrected chi connectivity index (χ0v) is 12.0. The van der Waals surface area contributed by atoms with Crippen molar-refractivity contribution in [3.8, 4) is 11.8 Å². The molecular formula is C16H18N4O. The number of rotatable bonds is 4. The lowest BCUT2D eigenvalue weighted by Gasteiger charge is -2.09. The van der Waals surface area contributed by atoms with Crippen LogP contribution >= 0.6 is 0 Å². The van der Waals surface area contributed by atoms with Crippen LogP contribution < -0.4 is 11.1 Å². The molecule has 108 valence electrons. The van der Waals surface area contributed by atoms with E-state index in [1.807, 2.05) is 37.4 Å². The predicted molar refractivity (Wildman–Crippen MR) is 82.6 cm³/mol. The van der Waals surface area contributed by atoms with Gasteiger partial charge in [-0.15, -0.1) is 0 Å². The average Bonchev–Trinajstić information content (AvgIpc) is 2.98. The highest BCUT2D eigenvalue weighted by Gasteiger charge is 2.06. The Balaban J connectivity index is 2.03. The number of anilines is 1. The lowest BCUT2D eigenvalue weighted by Crippen LogP contribution is -2.15. The van der Waals surface area contributed by atoms with Crippen LogP contribution in [0.25, 0.3) is 0 Å². The Bertz CT molecular complexity index is 665. The van der Waals surface area contributed by atoms with Gasteiger partial charge in [-0.1, -0.05) is 17.9 Å². The largest absolute Gasteiger partial charge is 0.325 e. The second-order valence-electron chi connectivity index (χ2n) is 4.62. The molecule has 0 spiro atoms. The zero-order valence-electron chi connectivity index (χ0n) is 12.0. The molecular weight excluding hydrogens is 264 g/mol. The van der Waals surface area contributed by atoms with Crippen LogP contribution in [-0.2, 0) is 11.3 Å². The van der Waals surface area contributed by atoms with E-state index in [2.05, 4.69) is 22.3 Å². The molecule has 0 fully saturated rings. The van der Waals surface area contributed by atoms with E-state index in [0.717, 1.165) is 16.8 Å². The van der Waals surface area contributed by atoms with Crippen LogP contribution in [0.3, 0.4) is 0 Å². The molecule has 0 unspecified atom stereocenters. The maximum atomic E-state index is 12.0. The normalized spacial score (nSPS) is 9.81. The van der Waals surface area contributed by atoms with Gasteiger partial charge in [-0.3, -0.25) is 9.48 Å². The molecule has 3 N–H and O–H groups in total. The monoisotopic (exact) mass is 282 g/mol. The Morgan fingerprint density at radius 1 is 1.48 bits per heavy atom.